The molecule has 2 aromatic heterocycles. The van der Waals surface area contributed by atoms with E-state index in [1.807, 2.05) is 16.9 Å². The summed E-state index contributed by atoms with van der Waals surface area (Å²) in [5, 5.41) is 18.0. The van der Waals surface area contributed by atoms with E-state index in [0.717, 1.165) is 38.1 Å². The highest BCUT2D eigenvalue weighted by Crippen LogP contribution is 2.35. The molecule has 4 heterocycles. The Bertz CT molecular complexity index is 1650. The molecule has 6 rings (SSSR count). The van der Waals surface area contributed by atoms with Gasteiger partial charge in [0.25, 0.3) is 5.56 Å². The second-order valence-electron chi connectivity index (χ2n) is 9.71. The Morgan fingerprint density at radius 3 is 2.80 bits per heavy atom. The van der Waals surface area contributed by atoms with Gasteiger partial charge in [-0.05, 0) is 62.7 Å². The fourth-order valence-electron chi connectivity index (χ4n) is 4.91. The summed E-state index contributed by atoms with van der Waals surface area (Å²) in [5.74, 6) is -0.383. The van der Waals surface area contributed by atoms with Crippen molar-refractivity contribution in [1.82, 2.24) is 29.0 Å². The largest absolute Gasteiger partial charge is 0.453 e. The van der Waals surface area contributed by atoms with Crippen molar-refractivity contribution in [2.24, 2.45) is 0 Å². The number of anilines is 1. The number of alkyl halides is 1. The lowest BCUT2D eigenvalue weighted by Crippen LogP contribution is -2.29. The van der Waals surface area contributed by atoms with Gasteiger partial charge in [0.1, 0.15) is 29.9 Å². The van der Waals surface area contributed by atoms with Crippen LogP contribution in [-0.2, 0) is 0 Å². The Labute approximate surface area is 232 Å². The number of ether oxygens (including phenoxy) is 1. The Balaban J connectivity index is 1.27. The van der Waals surface area contributed by atoms with Crippen molar-refractivity contribution in [2.75, 3.05) is 30.9 Å². The zero-order valence-corrected chi connectivity index (χ0v) is 22.2. The third-order valence-electron chi connectivity index (χ3n) is 7.07. The molecule has 2 aliphatic heterocycles. The number of benzene rings is 2. The molecule has 10 nitrogen and oxygen atoms in total. The number of aromatic nitrogens is 4. The zero-order chi connectivity index (χ0) is 27.6. The highest BCUT2D eigenvalue weighted by atomic mass is 32.2. The van der Waals surface area contributed by atoms with Crippen LogP contribution in [0.2, 0.25) is 0 Å². The predicted molar refractivity (Wildman–Crippen MR) is 148 cm³/mol. The first-order valence-corrected chi connectivity index (χ1v) is 13.8. The van der Waals surface area contributed by atoms with Gasteiger partial charge in [0.2, 0.25) is 0 Å². The van der Waals surface area contributed by atoms with E-state index in [1.165, 1.54) is 29.1 Å². The molecule has 0 saturated carbocycles. The van der Waals surface area contributed by atoms with Crippen LogP contribution in [0.15, 0.2) is 53.7 Å². The number of fused-ring (bicyclic) bond motifs is 1. The summed E-state index contributed by atoms with van der Waals surface area (Å²) in [4.78, 5) is 17.8. The van der Waals surface area contributed by atoms with Crippen molar-refractivity contribution in [2.45, 2.75) is 31.5 Å². The van der Waals surface area contributed by atoms with Crippen LogP contribution in [0.4, 0.5) is 14.5 Å². The third-order valence-corrected chi connectivity index (χ3v) is 7.97. The van der Waals surface area contributed by atoms with Gasteiger partial charge in [-0.2, -0.15) is 10.4 Å². The zero-order valence-electron chi connectivity index (χ0n) is 21.4. The molecule has 2 N–H and O–H groups in total. The van der Waals surface area contributed by atoms with Crippen LogP contribution in [0.3, 0.4) is 0 Å². The average molecular weight is 565 g/mol. The number of nitriles is 1. The van der Waals surface area contributed by atoms with Crippen LogP contribution >= 0.6 is 12.1 Å². The molecule has 40 heavy (non-hydrogen) atoms. The van der Waals surface area contributed by atoms with E-state index in [1.54, 1.807) is 22.5 Å². The SMILES string of the molecule is N#Cc1c(NSN2CCC(F)C2)ccc(F)c1Oc1ccc2ncn(-c3ccn(C4CCNCC4)n3)c(=O)c2c1. The van der Waals surface area contributed by atoms with Crippen LogP contribution in [0, 0.1) is 17.1 Å². The molecule has 2 aliphatic rings. The fraction of sp³-hybridized carbons (Fsp3) is 0.333. The molecule has 0 spiro atoms. The molecule has 206 valence electrons. The molecule has 2 saturated heterocycles. The van der Waals surface area contributed by atoms with Crippen molar-refractivity contribution < 1.29 is 13.5 Å². The summed E-state index contributed by atoms with van der Waals surface area (Å²) < 4.78 is 42.3. The number of nitrogens with zero attached hydrogens (tertiary/aromatic N) is 6. The second kappa shape index (κ2) is 11.2. The Morgan fingerprint density at radius 1 is 1.18 bits per heavy atom. The van der Waals surface area contributed by atoms with Crippen LogP contribution in [0.1, 0.15) is 30.9 Å². The van der Waals surface area contributed by atoms with Crippen LogP contribution < -0.4 is 20.3 Å². The first-order valence-electron chi connectivity index (χ1n) is 13.0. The van der Waals surface area contributed by atoms with Gasteiger partial charge >= 0.3 is 0 Å². The molecule has 2 fully saturated rings. The summed E-state index contributed by atoms with van der Waals surface area (Å²) in [7, 11) is 0. The number of hydrogen-bond acceptors (Lipinski definition) is 9. The lowest BCUT2D eigenvalue weighted by molar-refractivity contribution is 0.342. The summed E-state index contributed by atoms with van der Waals surface area (Å²) in [6, 6.07) is 11.3. The molecule has 1 atom stereocenters. The molecule has 2 aromatic carbocycles. The minimum Gasteiger partial charge on any atom is -0.453 e. The standard InChI is InChI=1S/C27H26F2N8O2S/c28-17-7-11-35(15-17)40-34-24-4-2-22(29)26(21(24)14-30)39-19-1-3-23-20(13-19)27(38)36(16-32-23)25-8-12-37(33-25)18-5-9-31-10-6-18/h1-4,8,12-13,16-18,31,34H,5-7,9-11,15H2. The summed E-state index contributed by atoms with van der Waals surface area (Å²) >= 11 is 1.16. The molecule has 1 unspecified atom stereocenters. The maximum absolute atomic E-state index is 14.9. The fourth-order valence-corrected chi connectivity index (χ4v) is 5.74. The second-order valence-corrected chi connectivity index (χ2v) is 10.6. The average Bonchev–Trinajstić information content (AvgIpc) is 3.63. The minimum atomic E-state index is -0.894. The molecule has 0 radical (unpaired) electrons. The smallest absolute Gasteiger partial charge is 0.267 e. The minimum absolute atomic E-state index is 0.0457. The number of hydrogen-bond donors (Lipinski definition) is 2. The maximum atomic E-state index is 14.9. The van der Waals surface area contributed by atoms with Gasteiger partial charge in [-0.1, -0.05) is 0 Å². The van der Waals surface area contributed by atoms with Crippen molar-refractivity contribution in [3.63, 3.8) is 0 Å². The van der Waals surface area contributed by atoms with E-state index < -0.39 is 12.0 Å². The monoisotopic (exact) mass is 564 g/mol. The first kappa shape index (κ1) is 26.2. The van der Waals surface area contributed by atoms with Crippen molar-refractivity contribution in [1.29, 1.82) is 5.26 Å². The quantitative estimate of drug-likeness (QED) is 0.317. The van der Waals surface area contributed by atoms with Crippen LogP contribution in [0.5, 0.6) is 11.5 Å². The molecule has 13 heteroatoms. The highest BCUT2D eigenvalue weighted by Gasteiger charge is 2.24. The van der Waals surface area contributed by atoms with Gasteiger partial charge in [-0.3, -0.25) is 9.48 Å². The third kappa shape index (κ3) is 5.25. The van der Waals surface area contributed by atoms with Crippen LogP contribution in [0.25, 0.3) is 16.7 Å². The molecule has 0 bridgehead atoms. The Kier molecular flexibility index (Phi) is 7.38. The first-order chi connectivity index (χ1) is 19.5. The van der Waals surface area contributed by atoms with E-state index >= 15 is 0 Å². The van der Waals surface area contributed by atoms with Crippen molar-refractivity contribution >= 4 is 28.7 Å². The van der Waals surface area contributed by atoms with Gasteiger partial charge in [-0.15, -0.1) is 0 Å². The number of nitrogens with one attached hydrogen (secondary N) is 2. The summed E-state index contributed by atoms with van der Waals surface area (Å²) in [6.07, 6.45) is 4.77. The van der Waals surface area contributed by atoms with E-state index in [2.05, 4.69) is 20.1 Å². The highest BCUT2D eigenvalue weighted by molar-refractivity contribution is 7.98. The molecule has 4 aromatic rings. The topological polar surface area (TPSA) is 113 Å². The summed E-state index contributed by atoms with van der Waals surface area (Å²) in [5.41, 5.74) is 0.377. The maximum Gasteiger partial charge on any atom is 0.267 e. The Morgan fingerprint density at radius 2 is 2.02 bits per heavy atom. The number of halogens is 2. The Hall–Kier alpha value is -3.99. The van der Waals surface area contributed by atoms with Gasteiger partial charge in [0.15, 0.2) is 17.4 Å². The van der Waals surface area contributed by atoms with E-state index in [9.17, 15) is 18.8 Å². The summed E-state index contributed by atoms with van der Waals surface area (Å²) in [6.45, 7) is 2.67. The van der Waals surface area contributed by atoms with E-state index in [-0.39, 0.29) is 40.6 Å². The van der Waals surface area contributed by atoms with Gasteiger partial charge < -0.3 is 14.8 Å². The predicted octanol–water partition coefficient (Wildman–Crippen LogP) is 4.33. The van der Waals surface area contributed by atoms with Crippen molar-refractivity contribution in [3.05, 3.63) is 70.7 Å². The van der Waals surface area contributed by atoms with Gasteiger partial charge in [0, 0.05) is 37.5 Å². The van der Waals surface area contributed by atoms with E-state index in [4.69, 9.17) is 4.74 Å². The number of rotatable bonds is 7. The lowest BCUT2D eigenvalue weighted by atomic mass is 10.1. The molecule has 0 aliphatic carbocycles. The lowest BCUT2D eigenvalue weighted by Gasteiger charge is -2.22. The van der Waals surface area contributed by atoms with E-state index in [0.29, 0.717) is 30.0 Å². The number of piperidine rings is 1. The van der Waals surface area contributed by atoms with Gasteiger partial charge in [0.05, 0.1) is 22.6 Å². The molecule has 0 amide bonds. The normalized spacial score (nSPS) is 18.2. The van der Waals surface area contributed by atoms with Gasteiger partial charge in [-0.25, -0.2) is 22.6 Å². The van der Waals surface area contributed by atoms with Crippen molar-refractivity contribution in [3.8, 4) is 23.4 Å². The van der Waals surface area contributed by atoms with Crippen LogP contribution in [-0.4, -0.2) is 56.0 Å². The molecular formula is C27H26F2N8O2S. The molecular weight excluding hydrogens is 538 g/mol.